The van der Waals surface area contributed by atoms with Crippen LogP contribution in [0.15, 0.2) is 40.9 Å². The molecule has 4 nitrogen and oxygen atoms in total. The van der Waals surface area contributed by atoms with Gasteiger partial charge < -0.3 is 9.73 Å². The number of rotatable bonds is 3. The number of anilines is 1. The van der Waals surface area contributed by atoms with Gasteiger partial charge in [-0.15, -0.1) is 0 Å². The molecule has 120 valence electrons. The molecule has 3 aromatic rings. The number of furan rings is 1. The van der Waals surface area contributed by atoms with Gasteiger partial charge in [-0.3, -0.25) is 0 Å². The van der Waals surface area contributed by atoms with E-state index in [1.807, 2.05) is 0 Å². The van der Waals surface area contributed by atoms with Crippen LogP contribution in [0.2, 0.25) is 5.02 Å². The van der Waals surface area contributed by atoms with Crippen molar-refractivity contribution in [1.29, 1.82) is 0 Å². The Kier molecular flexibility index (Phi) is 3.89. The second-order valence-corrected chi connectivity index (χ2v) is 5.40. The van der Waals surface area contributed by atoms with Gasteiger partial charge in [-0.05, 0) is 37.3 Å². The number of halogens is 4. The van der Waals surface area contributed by atoms with Gasteiger partial charge in [-0.25, -0.2) is 9.97 Å². The van der Waals surface area contributed by atoms with Gasteiger partial charge in [0.05, 0.1) is 6.04 Å². The van der Waals surface area contributed by atoms with E-state index in [2.05, 4.69) is 15.3 Å². The van der Waals surface area contributed by atoms with Crippen LogP contribution < -0.4 is 5.32 Å². The molecule has 0 saturated carbocycles. The zero-order valence-corrected chi connectivity index (χ0v) is 12.6. The Bertz CT molecular complexity index is 847. The first-order chi connectivity index (χ1) is 10.8. The summed E-state index contributed by atoms with van der Waals surface area (Å²) in [5.41, 5.74) is -0.360. The molecule has 1 N–H and O–H groups in total. The minimum Gasteiger partial charge on any atom is -0.459 e. The topological polar surface area (TPSA) is 51.0 Å². The first-order valence-electron chi connectivity index (χ1n) is 6.69. The molecule has 0 aliphatic carbocycles. The summed E-state index contributed by atoms with van der Waals surface area (Å²) in [4.78, 5) is 7.27. The molecule has 0 fully saturated rings. The molecular weight excluding hydrogens is 331 g/mol. The first-order valence-corrected chi connectivity index (χ1v) is 7.06. The molecule has 0 saturated heterocycles. The molecule has 3 rings (SSSR count). The molecule has 0 spiro atoms. The monoisotopic (exact) mass is 341 g/mol. The van der Waals surface area contributed by atoms with Crippen molar-refractivity contribution in [1.82, 2.24) is 9.97 Å². The maximum atomic E-state index is 12.7. The van der Waals surface area contributed by atoms with E-state index in [0.29, 0.717) is 16.4 Å². The summed E-state index contributed by atoms with van der Waals surface area (Å²) in [5, 5.41) is 4.18. The number of hydrogen-bond donors (Lipinski definition) is 1. The van der Waals surface area contributed by atoms with Crippen LogP contribution in [0.3, 0.4) is 0 Å². The molecule has 1 aromatic carbocycles. The average molecular weight is 342 g/mol. The van der Waals surface area contributed by atoms with Gasteiger partial charge >= 0.3 is 6.18 Å². The highest BCUT2D eigenvalue weighted by Crippen LogP contribution is 2.30. The van der Waals surface area contributed by atoms with Crippen molar-refractivity contribution in [2.75, 3.05) is 5.32 Å². The van der Waals surface area contributed by atoms with Crippen molar-refractivity contribution in [3.8, 4) is 0 Å². The molecule has 0 bridgehead atoms. The summed E-state index contributed by atoms with van der Waals surface area (Å²) < 4.78 is 43.6. The largest absolute Gasteiger partial charge is 0.459 e. The van der Waals surface area contributed by atoms with E-state index < -0.39 is 17.9 Å². The molecule has 0 radical (unpaired) electrons. The van der Waals surface area contributed by atoms with Gasteiger partial charge in [0.25, 0.3) is 0 Å². The lowest BCUT2D eigenvalue weighted by Gasteiger charge is -2.12. The van der Waals surface area contributed by atoms with Crippen molar-refractivity contribution in [2.24, 2.45) is 0 Å². The van der Waals surface area contributed by atoms with Crippen molar-refractivity contribution in [2.45, 2.75) is 19.1 Å². The second kappa shape index (κ2) is 5.73. The summed E-state index contributed by atoms with van der Waals surface area (Å²) in [6, 6.07) is 7.35. The smallest absolute Gasteiger partial charge is 0.433 e. The molecule has 2 heterocycles. The number of fused-ring (bicyclic) bond motifs is 1. The van der Waals surface area contributed by atoms with E-state index in [0.717, 1.165) is 17.6 Å². The Morgan fingerprint density at radius 3 is 2.74 bits per heavy atom. The van der Waals surface area contributed by atoms with Gasteiger partial charge in [0.15, 0.2) is 0 Å². The maximum Gasteiger partial charge on any atom is 0.433 e. The van der Waals surface area contributed by atoms with Crippen LogP contribution in [0.1, 0.15) is 24.4 Å². The van der Waals surface area contributed by atoms with E-state index in [1.54, 1.807) is 31.2 Å². The molecule has 2 aromatic heterocycles. The quantitative estimate of drug-likeness (QED) is 0.722. The first kappa shape index (κ1) is 15.6. The molecule has 1 atom stereocenters. The molecule has 0 aliphatic heterocycles. The van der Waals surface area contributed by atoms with Gasteiger partial charge in [-0.1, -0.05) is 11.6 Å². The normalized spacial score (nSPS) is 13.3. The van der Waals surface area contributed by atoms with Crippen LogP contribution in [0.25, 0.3) is 11.0 Å². The summed E-state index contributed by atoms with van der Waals surface area (Å²) in [6.45, 7) is 1.74. The van der Waals surface area contributed by atoms with E-state index in [-0.39, 0.29) is 5.95 Å². The van der Waals surface area contributed by atoms with Crippen molar-refractivity contribution >= 4 is 28.5 Å². The second-order valence-electron chi connectivity index (χ2n) is 4.96. The lowest BCUT2D eigenvalue weighted by atomic mass is 10.2. The third kappa shape index (κ3) is 3.39. The number of alkyl halides is 3. The Hall–Kier alpha value is -2.28. The van der Waals surface area contributed by atoms with Crippen molar-refractivity contribution in [3.63, 3.8) is 0 Å². The third-order valence-corrected chi connectivity index (χ3v) is 3.45. The number of benzene rings is 1. The Labute approximate surface area is 134 Å². The fraction of sp³-hybridized carbons (Fsp3) is 0.200. The number of aromatic nitrogens is 2. The Balaban J connectivity index is 1.84. The highest BCUT2D eigenvalue weighted by atomic mass is 35.5. The highest BCUT2D eigenvalue weighted by molar-refractivity contribution is 6.31. The molecule has 0 aliphatic rings. The van der Waals surface area contributed by atoms with Gasteiger partial charge in [-0.2, -0.15) is 13.2 Å². The van der Waals surface area contributed by atoms with Crippen molar-refractivity contribution < 1.29 is 17.6 Å². The van der Waals surface area contributed by atoms with Crippen LogP contribution in [0.5, 0.6) is 0 Å². The number of nitrogens with zero attached hydrogens (tertiary/aromatic N) is 2. The molecule has 0 amide bonds. The van der Waals surface area contributed by atoms with E-state index >= 15 is 0 Å². The zero-order valence-electron chi connectivity index (χ0n) is 11.9. The summed E-state index contributed by atoms with van der Waals surface area (Å²) >= 11 is 5.91. The predicted molar refractivity (Wildman–Crippen MR) is 80.3 cm³/mol. The molecule has 1 unspecified atom stereocenters. The zero-order chi connectivity index (χ0) is 16.6. The van der Waals surface area contributed by atoms with Gasteiger partial charge in [0.2, 0.25) is 5.95 Å². The lowest BCUT2D eigenvalue weighted by molar-refractivity contribution is -0.141. The maximum absolute atomic E-state index is 12.7. The Morgan fingerprint density at radius 1 is 1.22 bits per heavy atom. The molecular formula is C15H11ClF3N3O. The fourth-order valence-corrected chi connectivity index (χ4v) is 2.28. The van der Waals surface area contributed by atoms with Crippen LogP contribution in [0.4, 0.5) is 19.1 Å². The van der Waals surface area contributed by atoms with Crippen LogP contribution in [0, 0.1) is 0 Å². The molecule has 8 heteroatoms. The van der Waals surface area contributed by atoms with Gasteiger partial charge in [0.1, 0.15) is 17.0 Å². The van der Waals surface area contributed by atoms with Crippen LogP contribution in [-0.2, 0) is 6.18 Å². The summed E-state index contributed by atoms with van der Waals surface area (Å²) in [7, 11) is 0. The summed E-state index contributed by atoms with van der Waals surface area (Å²) in [6.07, 6.45) is -3.46. The van der Waals surface area contributed by atoms with E-state index in [1.165, 1.54) is 0 Å². The lowest BCUT2D eigenvalue weighted by Crippen LogP contribution is -2.13. The van der Waals surface area contributed by atoms with Crippen LogP contribution >= 0.6 is 11.6 Å². The Morgan fingerprint density at radius 2 is 2.00 bits per heavy atom. The molecule has 23 heavy (non-hydrogen) atoms. The average Bonchev–Trinajstić information content (AvgIpc) is 2.90. The minimum atomic E-state index is -4.52. The third-order valence-electron chi connectivity index (χ3n) is 3.22. The minimum absolute atomic E-state index is 0.120. The standard InChI is InChI=1S/C15H11ClF3N3O/c1-8(12-7-9-6-10(16)2-3-11(9)23-12)21-14-20-5-4-13(22-14)15(17,18)19/h2-8H,1H3,(H,20,21,22). The van der Waals surface area contributed by atoms with Crippen LogP contribution in [-0.4, -0.2) is 9.97 Å². The van der Waals surface area contributed by atoms with Gasteiger partial charge in [0, 0.05) is 16.6 Å². The van der Waals surface area contributed by atoms with E-state index in [9.17, 15) is 13.2 Å². The SMILES string of the molecule is CC(Nc1nccc(C(F)(F)F)n1)c1cc2cc(Cl)ccc2o1. The number of hydrogen-bond acceptors (Lipinski definition) is 4. The van der Waals surface area contributed by atoms with Crippen molar-refractivity contribution in [3.05, 3.63) is 53.0 Å². The number of nitrogens with one attached hydrogen (secondary N) is 1. The summed E-state index contributed by atoms with van der Waals surface area (Å²) in [5.74, 6) is 0.425. The highest BCUT2D eigenvalue weighted by Gasteiger charge is 2.32. The van der Waals surface area contributed by atoms with E-state index in [4.69, 9.17) is 16.0 Å². The predicted octanol–water partition coefficient (Wildman–Crippen LogP) is 5.07. The fourth-order valence-electron chi connectivity index (χ4n) is 2.10.